The van der Waals surface area contributed by atoms with E-state index in [4.69, 9.17) is 0 Å². The number of alkyl halides is 2. The van der Waals surface area contributed by atoms with Gasteiger partial charge in [0.1, 0.15) is 0 Å². The summed E-state index contributed by atoms with van der Waals surface area (Å²) in [5, 5.41) is 2.68. The van der Waals surface area contributed by atoms with Crippen LogP contribution in [0, 0.1) is 5.18 Å². The van der Waals surface area contributed by atoms with Gasteiger partial charge in [0, 0.05) is 5.70 Å². The van der Waals surface area contributed by atoms with Crippen LogP contribution < -0.4 is 0 Å². The number of halogens is 2. The molecule has 0 aromatic heterocycles. The van der Waals surface area contributed by atoms with Crippen LogP contribution in [0.4, 0.5) is 8.78 Å². The van der Waals surface area contributed by atoms with Crippen molar-refractivity contribution in [3.63, 3.8) is 0 Å². The lowest BCUT2D eigenvalue weighted by Gasteiger charge is -2.29. The predicted octanol–water partition coefficient (Wildman–Crippen LogP) is 2.99. The summed E-state index contributed by atoms with van der Waals surface area (Å²) in [6, 6.07) is 0. The van der Waals surface area contributed by atoms with Crippen molar-refractivity contribution < 1.29 is 8.78 Å². The summed E-state index contributed by atoms with van der Waals surface area (Å²) in [7, 11) is -0.591. The fourth-order valence-electron chi connectivity index (χ4n) is 1.19. The van der Waals surface area contributed by atoms with Gasteiger partial charge in [-0.3, -0.25) is 4.31 Å². The number of allylic oxidation sites excluding steroid dienone is 2. The third kappa shape index (κ3) is 2.28. The molecule has 1 nitrogen and oxygen atoms in total. The van der Waals surface area contributed by atoms with Crippen molar-refractivity contribution in [3.05, 3.63) is 24.4 Å². The van der Waals surface area contributed by atoms with Crippen LogP contribution in [0.2, 0.25) is 0 Å². The SMILES string of the molecule is C=C/C(=C/C)N1CC(F)(F)CC#S1=C. The molecule has 78 valence electrons. The zero-order chi connectivity index (χ0) is 10.8. The number of hydrogen-bond donors (Lipinski definition) is 0. The van der Waals surface area contributed by atoms with Crippen LogP contribution >= 0.6 is 10.1 Å². The highest BCUT2D eigenvalue weighted by molar-refractivity contribution is 8.02. The zero-order valence-electron chi connectivity index (χ0n) is 8.09. The van der Waals surface area contributed by atoms with Gasteiger partial charge >= 0.3 is 0 Å². The molecule has 1 heterocycles. The summed E-state index contributed by atoms with van der Waals surface area (Å²) in [6.07, 6.45) is 3.01. The predicted molar refractivity (Wildman–Crippen MR) is 58.8 cm³/mol. The van der Waals surface area contributed by atoms with E-state index >= 15 is 0 Å². The first-order valence-corrected chi connectivity index (χ1v) is 5.57. The Balaban J connectivity index is 3.05. The standard InChI is InChI=1S/C10H13F2NS/c1-4-9(5-2)13-8-10(11,12)6-7-14(13)3/h4-5H,1,3,6,8H2,2H3/b9-5-. The molecule has 0 fully saturated rings. The Kier molecular flexibility index (Phi) is 3.19. The molecule has 1 aliphatic rings. The summed E-state index contributed by atoms with van der Waals surface area (Å²) in [4.78, 5) is 0. The highest BCUT2D eigenvalue weighted by Gasteiger charge is 2.33. The van der Waals surface area contributed by atoms with E-state index in [2.05, 4.69) is 17.6 Å². The van der Waals surface area contributed by atoms with E-state index in [9.17, 15) is 8.78 Å². The summed E-state index contributed by atoms with van der Waals surface area (Å²) in [5.74, 6) is 1.09. The molecule has 0 atom stereocenters. The van der Waals surface area contributed by atoms with Crippen molar-refractivity contribution in [1.82, 2.24) is 4.31 Å². The molecule has 0 N–H and O–H groups in total. The van der Waals surface area contributed by atoms with E-state index in [0.29, 0.717) is 5.70 Å². The van der Waals surface area contributed by atoms with Gasteiger partial charge < -0.3 is 0 Å². The molecule has 0 bridgehead atoms. The van der Waals surface area contributed by atoms with Crippen LogP contribution in [0.5, 0.6) is 0 Å². The second kappa shape index (κ2) is 4.03. The van der Waals surface area contributed by atoms with Gasteiger partial charge in [-0.05, 0) is 18.9 Å². The van der Waals surface area contributed by atoms with Gasteiger partial charge in [-0.25, -0.2) is 8.78 Å². The molecule has 4 heteroatoms. The van der Waals surface area contributed by atoms with Crippen molar-refractivity contribution in [1.29, 1.82) is 0 Å². The fraction of sp³-hybridized carbons (Fsp3) is 0.400. The maximum Gasteiger partial charge on any atom is 0.277 e. The first kappa shape index (κ1) is 11.1. The van der Waals surface area contributed by atoms with E-state index < -0.39 is 16.0 Å². The lowest BCUT2D eigenvalue weighted by molar-refractivity contribution is -0.00466. The molecular formula is C10H13F2NS. The summed E-state index contributed by atoms with van der Waals surface area (Å²) < 4.78 is 27.7. The molecule has 0 aliphatic carbocycles. The maximum absolute atomic E-state index is 13.1. The van der Waals surface area contributed by atoms with Gasteiger partial charge in [-0.15, -0.1) is 0 Å². The van der Waals surface area contributed by atoms with E-state index in [-0.39, 0.29) is 13.0 Å². The van der Waals surface area contributed by atoms with Gasteiger partial charge in [0.15, 0.2) is 0 Å². The molecule has 1 rings (SSSR count). The van der Waals surface area contributed by atoms with Crippen LogP contribution in [0.15, 0.2) is 24.4 Å². The van der Waals surface area contributed by atoms with E-state index in [1.165, 1.54) is 4.31 Å². The second-order valence-electron chi connectivity index (χ2n) is 3.00. The number of hydrogen-bond acceptors (Lipinski definition) is 1. The minimum atomic E-state index is -2.70. The summed E-state index contributed by atoms with van der Waals surface area (Å²) in [5.41, 5.74) is 0.690. The first-order valence-electron chi connectivity index (χ1n) is 4.22. The van der Waals surface area contributed by atoms with Gasteiger partial charge in [0.2, 0.25) is 0 Å². The smallest absolute Gasteiger partial charge is 0.277 e. The lowest BCUT2D eigenvalue weighted by atomic mass is 10.2. The molecule has 1 aliphatic heterocycles. The van der Waals surface area contributed by atoms with Gasteiger partial charge in [0.05, 0.1) is 13.0 Å². The van der Waals surface area contributed by atoms with Crippen LogP contribution in [0.3, 0.4) is 0 Å². The van der Waals surface area contributed by atoms with Crippen molar-refractivity contribution in [2.45, 2.75) is 19.3 Å². The normalized spacial score (nSPS) is 21.2. The molecule has 0 aromatic carbocycles. The van der Waals surface area contributed by atoms with Crippen molar-refractivity contribution in [2.24, 2.45) is 0 Å². The largest absolute Gasteiger partial charge is 0.295 e. The number of rotatable bonds is 2. The van der Waals surface area contributed by atoms with Crippen LogP contribution in [0.1, 0.15) is 13.3 Å². The monoisotopic (exact) mass is 217 g/mol. The van der Waals surface area contributed by atoms with Gasteiger partial charge in [0.25, 0.3) is 5.92 Å². The van der Waals surface area contributed by atoms with Crippen LogP contribution in [-0.4, -0.2) is 22.6 Å². The Hall–Kier alpha value is -0.990. The lowest BCUT2D eigenvalue weighted by Crippen LogP contribution is -2.33. The fourth-order valence-corrected chi connectivity index (χ4v) is 2.51. The average molecular weight is 217 g/mol. The molecular weight excluding hydrogens is 204 g/mol. The van der Waals surface area contributed by atoms with Crippen LogP contribution in [-0.2, 0) is 0 Å². The van der Waals surface area contributed by atoms with E-state index in [0.717, 1.165) is 0 Å². The Labute approximate surface area is 85.0 Å². The third-order valence-electron chi connectivity index (χ3n) is 1.93. The minimum Gasteiger partial charge on any atom is -0.295 e. The topological polar surface area (TPSA) is 3.24 Å². The molecule has 0 unspecified atom stereocenters. The number of nitrogens with zero attached hydrogens (tertiary/aromatic N) is 1. The summed E-state index contributed by atoms with van der Waals surface area (Å²) in [6.45, 7) is 5.08. The molecule has 0 amide bonds. The minimum absolute atomic E-state index is 0.293. The highest BCUT2D eigenvalue weighted by Crippen LogP contribution is 2.30. The van der Waals surface area contributed by atoms with Gasteiger partial charge in [-0.1, -0.05) is 27.9 Å². The quantitative estimate of drug-likeness (QED) is 0.507. The Morgan fingerprint density at radius 2 is 2.29 bits per heavy atom. The molecule has 0 spiro atoms. The van der Waals surface area contributed by atoms with Crippen molar-refractivity contribution in [2.75, 3.05) is 6.54 Å². The maximum atomic E-state index is 13.1. The molecule has 0 radical (unpaired) electrons. The zero-order valence-corrected chi connectivity index (χ0v) is 8.91. The molecule has 0 aromatic rings. The second-order valence-corrected chi connectivity index (χ2v) is 4.45. The molecule has 14 heavy (non-hydrogen) atoms. The first-order chi connectivity index (χ1) is 6.50. The Morgan fingerprint density at radius 1 is 1.64 bits per heavy atom. The Morgan fingerprint density at radius 3 is 2.79 bits per heavy atom. The van der Waals surface area contributed by atoms with Crippen molar-refractivity contribution >= 4 is 15.9 Å². The average Bonchev–Trinajstić information content (AvgIpc) is 2.13. The highest BCUT2D eigenvalue weighted by atomic mass is 32.2. The van der Waals surface area contributed by atoms with E-state index in [1.54, 1.807) is 19.1 Å². The third-order valence-corrected chi connectivity index (χ3v) is 3.28. The van der Waals surface area contributed by atoms with E-state index in [1.807, 2.05) is 0 Å². The summed E-state index contributed by atoms with van der Waals surface area (Å²) >= 11 is 0. The molecule has 0 saturated carbocycles. The molecule has 0 saturated heterocycles. The van der Waals surface area contributed by atoms with Gasteiger partial charge in [-0.2, -0.15) is 0 Å². The van der Waals surface area contributed by atoms with Crippen molar-refractivity contribution in [3.8, 4) is 5.18 Å². The Bertz CT molecular complexity index is 400. The van der Waals surface area contributed by atoms with Crippen LogP contribution in [0.25, 0.3) is 0 Å².